The third-order valence-corrected chi connectivity index (χ3v) is 4.79. The Bertz CT molecular complexity index is 368. The molecule has 2 fully saturated rings. The lowest BCUT2D eigenvalue weighted by Gasteiger charge is -2.41. The summed E-state index contributed by atoms with van der Waals surface area (Å²) in [6, 6.07) is 4.92. The minimum absolute atomic E-state index is 0.856. The highest BCUT2D eigenvalue weighted by Crippen LogP contribution is 2.28. The first kappa shape index (κ1) is 13.2. The summed E-state index contributed by atoms with van der Waals surface area (Å²) in [5, 5.41) is 0. The Balaban J connectivity index is 1.46. The van der Waals surface area contributed by atoms with Crippen molar-refractivity contribution in [1.82, 2.24) is 9.80 Å². The molecule has 0 radical (unpaired) electrons. The molecule has 2 heterocycles. The Kier molecular flexibility index (Phi) is 4.24. The van der Waals surface area contributed by atoms with E-state index < -0.39 is 0 Å². The molecular formula is C16H26N2O. The Hall–Kier alpha value is -0.800. The van der Waals surface area contributed by atoms with Gasteiger partial charge in [-0.25, -0.2) is 0 Å². The minimum atomic E-state index is 0.856. The summed E-state index contributed by atoms with van der Waals surface area (Å²) in [7, 11) is 0. The van der Waals surface area contributed by atoms with E-state index >= 15 is 0 Å². The largest absolute Gasteiger partial charge is 0.468 e. The predicted octanol–water partition coefficient (Wildman–Crippen LogP) is 2.98. The Morgan fingerprint density at radius 3 is 2.74 bits per heavy atom. The molecule has 1 aromatic rings. The van der Waals surface area contributed by atoms with Crippen LogP contribution in [0.2, 0.25) is 0 Å². The summed E-state index contributed by atoms with van der Waals surface area (Å²) in [5.41, 5.74) is 0. The van der Waals surface area contributed by atoms with Crippen molar-refractivity contribution in [2.24, 2.45) is 5.92 Å². The summed E-state index contributed by atoms with van der Waals surface area (Å²) in [5.74, 6) is 2.03. The van der Waals surface area contributed by atoms with Crippen molar-refractivity contribution in [2.45, 2.75) is 45.2 Å². The molecule has 1 aliphatic carbocycles. The van der Waals surface area contributed by atoms with E-state index in [-0.39, 0.29) is 0 Å². The van der Waals surface area contributed by atoms with E-state index in [9.17, 15) is 0 Å². The van der Waals surface area contributed by atoms with Gasteiger partial charge < -0.3 is 4.42 Å². The van der Waals surface area contributed by atoms with Crippen molar-refractivity contribution in [3.8, 4) is 0 Å². The van der Waals surface area contributed by atoms with E-state index in [4.69, 9.17) is 4.42 Å². The second-order valence-corrected chi connectivity index (χ2v) is 6.32. The standard InChI is InChI=1S/C16H26N2O/c1-14-4-2-5-15(12-14)18-9-7-17(8-10-18)13-16-6-3-11-19-16/h3,6,11,14-15H,2,4-5,7-10,12-13H2,1H3/t14-,15+/m1/s1. The van der Waals surface area contributed by atoms with E-state index in [0.29, 0.717) is 0 Å². The van der Waals surface area contributed by atoms with Crippen molar-refractivity contribution in [3.05, 3.63) is 24.2 Å². The molecule has 0 bridgehead atoms. The summed E-state index contributed by atoms with van der Waals surface area (Å²) < 4.78 is 5.44. The van der Waals surface area contributed by atoms with Gasteiger partial charge in [0.15, 0.2) is 0 Å². The average molecular weight is 262 g/mol. The summed E-state index contributed by atoms with van der Waals surface area (Å²) >= 11 is 0. The first-order valence-electron chi connectivity index (χ1n) is 7.80. The van der Waals surface area contributed by atoms with E-state index in [1.165, 1.54) is 51.9 Å². The maximum atomic E-state index is 5.44. The second-order valence-electron chi connectivity index (χ2n) is 6.32. The van der Waals surface area contributed by atoms with Crippen LogP contribution in [0.3, 0.4) is 0 Å². The van der Waals surface area contributed by atoms with Crippen LogP contribution in [0.15, 0.2) is 22.8 Å². The quantitative estimate of drug-likeness (QED) is 0.835. The smallest absolute Gasteiger partial charge is 0.117 e. The second kappa shape index (κ2) is 6.10. The fraction of sp³-hybridized carbons (Fsp3) is 0.750. The van der Waals surface area contributed by atoms with Crippen molar-refractivity contribution in [2.75, 3.05) is 26.2 Å². The molecule has 3 rings (SSSR count). The lowest BCUT2D eigenvalue weighted by Crippen LogP contribution is -2.50. The van der Waals surface area contributed by atoms with Crippen molar-refractivity contribution in [3.63, 3.8) is 0 Å². The monoisotopic (exact) mass is 262 g/mol. The first-order valence-corrected chi connectivity index (χ1v) is 7.80. The van der Waals surface area contributed by atoms with Crippen LogP contribution < -0.4 is 0 Å². The Morgan fingerprint density at radius 2 is 2.05 bits per heavy atom. The van der Waals surface area contributed by atoms with Gasteiger partial charge in [0.1, 0.15) is 5.76 Å². The van der Waals surface area contributed by atoms with Gasteiger partial charge >= 0.3 is 0 Å². The van der Waals surface area contributed by atoms with Crippen LogP contribution in [-0.4, -0.2) is 42.0 Å². The molecule has 3 nitrogen and oxygen atoms in total. The molecule has 0 amide bonds. The number of hydrogen-bond donors (Lipinski definition) is 0. The molecule has 3 heteroatoms. The van der Waals surface area contributed by atoms with Gasteiger partial charge in [0, 0.05) is 32.2 Å². The van der Waals surface area contributed by atoms with Gasteiger partial charge in [-0.1, -0.05) is 19.8 Å². The van der Waals surface area contributed by atoms with Gasteiger partial charge in [0.2, 0.25) is 0 Å². The normalized spacial score (nSPS) is 30.6. The molecule has 0 N–H and O–H groups in total. The van der Waals surface area contributed by atoms with Gasteiger partial charge in [-0.3, -0.25) is 9.80 Å². The van der Waals surface area contributed by atoms with E-state index in [1.54, 1.807) is 6.26 Å². The summed E-state index contributed by atoms with van der Waals surface area (Å²) in [6.07, 6.45) is 7.48. The summed E-state index contributed by atoms with van der Waals surface area (Å²) in [6.45, 7) is 8.23. The van der Waals surface area contributed by atoms with E-state index in [1.807, 2.05) is 6.07 Å². The maximum Gasteiger partial charge on any atom is 0.117 e. The van der Waals surface area contributed by atoms with Gasteiger partial charge in [-0.15, -0.1) is 0 Å². The first-order chi connectivity index (χ1) is 9.31. The van der Waals surface area contributed by atoms with Gasteiger partial charge in [0.25, 0.3) is 0 Å². The van der Waals surface area contributed by atoms with Crippen LogP contribution in [0.25, 0.3) is 0 Å². The zero-order valence-corrected chi connectivity index (χ0v) is 12.1. The van der Waals surface area contributed by atoms with Crippen LogP contribution in [0.4, 0.5) is 0 Å². The predicted molar refractivity (Wildman–Crippen MR) is 77.0 cm³/mol. The topological polar surface area (TPSA) is 19.6 Å². The lowest BCUT2D eigenvalue weighted by atomic mass is 9.86. The van der Waals surface area contributed by atoms with Crippen molar-refractivity contribution in [1.29, 1.82) is 0 Å². The third kappa shape index (κ3) is 3.40. The van der Waals surface area contributed by atoms with E-state index in [0.717, 1.165) is 24.3 Å². The number of hydrogen-bond acceptors (Lipinski definition) is 3. The van der Waals surface area contributed by atoms with Crippen LogP contribution in [0, 0.1) is 5.92 Å². The fourth-order valence-corrected chi connectivity index (χ4v) is 3.64. The Labute approximate surface area is 116 Å². The molecule has 106 valence electrons. The third-order valence-electron chi connectivity index (χ3n) is 4.79. The number of nitrogens with zero attached hydrogens (tertiary/aromatic N) is 2. The highest BCUT2D eigenvalue weighted by atomic mass is 16.3. The SMILES string of the molecule is C[C@@H]1CCC[C@H](N2CCN(Cc3ccco3)CC2)C1. The number of piperazine rings is 1. The molecule has 1 saturated carbocycles. The van der Waals surface area contributed by atoms with Crippen molar-refractivity contribution < 1.29 is 4.42 Å². The van der Waals surface area contributed by atoms with Gasteiger partial charge in [-0.05, 0) is 30.9 Å². The average Bonchev–Trinajstić information content (AvgIpc) is 2.92. The highest BCUT2D eigenvalue weighted by Gasteiger charge is 2.27. The van der Waals surface area contributed by atoms with Crippen LogP contribution in [0.1, 0.15) is 38.4 Å². The highest BCUT2D eigenvalue weighted by molar-refractivity contribution is 4.98. The van der Waals surface area contributed by atoms with Crippen LogP contribution in [0.5, 0.6) is 0 Å². The molecular weight excluding hydrogens is 236 g/mol. The molecule has 19 heavy (non-hydrogen) atoms. The van der Waals surface area contributed by atoms with Gasteiger partial charge in [-0.2, -0.15) is 0 Å². The van der Waals surface area contributed by atoms with Crippen LogP contribution in [-0.2, 0) is 6.54 Å². The zero-order valence-electron chi connectivity index (χ0n) is 12.1. The molecule has 2 atom stereocenters. The molecule has 0 spiro atoms. The molecule has 1 saturated heterocycles. The Morgan fingerprint density at radius 1 is 1.21 bits per heavy atom. The minimum Gasteiger partial charge on any atom is -0.468 e. The lowest BCUT2D eigenvalue weighted by molar-refractivity contribution is 0.0631. The van der Waals surface area contributed by atoms with Crippen LogP contribution >= 0.6 is 0 Å². The zero-order chi connectivity index (χ0) is 13.1. The van der Waals surface area contributed by atoms with E-state index in [2.05, 4.69) is 22.8 Å². The number of rotatable bonds is 3. The van der Waals surface area contributed by atoms with Crippen molar-refractivity contribution >= 4 is 0 Å². The molecule has 2 aliphatic rings. The molecule has 1 aliphatic heterocycles. The maximum absolute atomic E-state index is 5.44. The fourth-order valence-electron chi connectivity index (χ4n) is 3.64. The molecule has 0 unspecified atom stereocenters. The summed E-state index contributed by atoms with van der Waals surface area (Å²) in [4.78, 5) is 5.25. The molecule has 0 aromatic carbocycles. The number of furan rings is 1. The van der Waals surface area contributed by atoms with Gasteiger partial charge in [0.05, 0.1) is 12.8 Å². The molecule has 1 aromatic heterocycles.